The molecule has 1 aliphatic heterocycles. The Bertz CT molecular complexity index is 362. The third-order valence-corrected chi connectivity index (χ3v) is 3.39. The second kappa shape index (κ2) is 5.58. The van der Waals surface area contributed by atoms with Crippen molar-refractivity contribution in [3.8, 4) is 0 Å². The van der Waals surface area contributed by atoms with E-state index in [4.69, 9.17) is 21.1 Å². The van der Waals surface area contributed by atoms with Gasteiger partial charge in [0.05, 0.1) is 13.2 Å². The van der Waals surface area contributed by atoms with Gasteiger partial charge in [-0.25, -0.2) is 0 Å². The highest BCUT2D eigenvalue weighted by Gasteiger charge is 2.33. The van der Waals surface area contributed by atoms with E-state index in [1.165, 1.54) is 0 Å². The Morgan fingerprint density at radius 1 is 1.24 bits per heavy atom. The fourth-order valence-corrected chi connectivity index (χ4v) is 2.55. The molecule has 0 aromatic carbocycles. The summed E-state index contributed by atoms with van der Waals surface area (Å²) in [6.45, 7) is 5.22. The average Bonchev–Trinajstić information content (AvgIpc) is 2.32. The van der Waals surface area contributed by atoms with Gasteiger partial charge in [0.2, 0.25) is 0 Å². The van der Waals surface area contributed by atoms with Crippen LogP contribution in [-0.4, -0.2) is 24.9 Å². The lowest BCUT2D eigenvalue weighted by Gasteiger charge is -2.31. The number of alkyl halides is 1. The minimum Gasteiger partial charge on any atom is -0.490 e. The Balaban J connectivity index is 2.23. The molecule has 1 heterocycles. The monoisotopic (exact) mass is 255 g/mol. The molecule has 0 fully saturated rings. The standard InChI is InChI=1S/C13H18ClNO2/c1-3-16-11-7-9-5-6-15-13(14)10(9)8-12(11)17-4-2/h6-10,13H,3-5H2,1-2H3. The second-order valence-electron chi connectivity index (χ2n) is 4.11. The number of aliphatic imine (C=N–C) groups is 1. The van der Waals surface area contributed by atoms with Gasteiger partial charge in [0.1, 0.15) is 5.50 Å². The van der Waals surface area contributed by atoms with Crippen LogP contribution in [0.5, 0.6) is 0 Å². The number of halogens is 1. The molecule has 1 aliphatic carbocycles. The van der Waals surface area contributed by atoms with Crippen molar-refractivity contribution in [2.24, 2.45) is 16.8 Å². The molecular weight excluding hydrogens is 238 g/mol. The Kier molecular flexibility index (Phi) is 4.11. The van der Waals surface area contributed by atoms with Crippen LogP contribution in [0.1, 0.15) is 20.3 Å². The van der Waals surface area contributed by atoms with Crippen molar-refractivity contribution < 1.29 is 9.47 Å². The minimum absolute atomic E-state index is 0.191. The first kappa shape index (κ1) is 12.5. The number of fused-ring (bicyclic) bond motifs is 1. The van der Waals surface area contributed by atoms with Gasteiger partial charge in [-0.05, 0) is 38.3 Å². The molecule has 0 radical (unpaired) electrons. The molecule has 3 unspecified atom stereocenters. The van der Waals surface area contributed by atoms with E-state index in [1.807, 2.05) is 20.1 Å². The lowest BCUT2D eigenvalue weighted by atomic mass is 9.83. The van der Waals surface area contributed by atoms with E-state index in [0.717, 1.165) is 17.9 Å². The summed E-state index contributed by atoms with van der Waals surface area (Å²) in [6.07, 6.45) is 7.01. The predicted molar refractivity (Wildman–Crippen MR) is 69.1 cm³/mol. The normalized spacial score (nSPS) is 31.4. The van der Waals surface area contributed by atoms with E-state index >= 15 is 0 Å². The summed E-state index contributed by atoms with van der Waals surface area (Å²) in [4.78, 5) is 4.25. The predicted octanol–water partition coefficient (Wildman–Crippen LogP) is 3.11. The molecule has 3 nitrogen and oxygen atoms in total. The highest BCUT2D eigenvalue weighted by molar-refractivity contribution is 6.21. The Hall–Kier alpha value is -0.960. The van der Waals surface area contributed by atoms with E-state index in [1.54, 1.807) is 0 Å². The number of ether oxygens (including phenoxy) is 2. The number of rotatable bonds is 4. The summed E-state index contributed by atoms with van der Waals surface area (Å²) in [5.41, 5.74) is -0.191. The van der Waals surface area contributed by atoms with Crippen LogP contribution >= 0.6 is 11.6 Å². The molecule has 4 heteroatoms. The topological polar surface area (TPSA) is 30.8 Å². The number of allylic oxidation sites excluding steroid dienone is 1. The SMILES string of the molecule is CCOC1=CC2CC=NC(Cl)C2C=C1OCC. The zero-order chi connectivity index (χ0) is 12.3. The summed E-state index contributed by atoms with van der Waals surface area (Å²) < 4.78 is 11.2. The maximum atomic E-state index is 6.21. The third kappa shape index (κ3) is 2.65. The van der Waals surface area contributed by atoms with Crippen molar-refractivity contribution in [1.29, 1.82) is 0 Å². The zero-order valence-electron chi connectivity index (χ0n) is 10.2. The van der Waals surface area contributed by atoms with Gasteiger partial charge in [0.15, 0.2) is 11.5 Å². The summed E-state index contributed by atoms with van der Waals surface area (Å²) in [7, 11) is 0. The fourth-order valence-electron chi connectivity index (χ4n) is 2.21. The average molecular weight is 256 g/mol. The fraction of sp³-hybridized carbons (Fsp3) is 0.615. The Labute approximate surface area is 107 Å². The van der Waals surface area contributed by atoms with Crippen LogP contribution in [0, 0.1) is 11.8 Å². The molecule has 0 N–H and O–H groups in total. The van der Waals surface area contributed by atoms with Crippen molar-refractivity contribution in [2.45, 2.75) is 25.8 Å². The van der Waals surface area contributed by atoms with Gasteiger partial charge < -0.3 is 9.47 Å². The molecule has 3 atom stereocenters. The third-order valence-electron chi connectivity index (χ3n) is 2.99. The number of nitrogens with zero attached hydrogens (tertiary/aromatic N) is 1. The Morgan fingerprint density at radius 2 is 1.88 bits per heavy atom. The first-order valence-corrected chi connectivity index (χ1v) is 6.55. The van der Waals surface area contributed by atoms with Crippen molar-refractivity contribution in [3.05, 3.63) is 23.7 Å². The van der Waals surface area contributed by atoms with Crippen molar-refractivity contribution >= 4 is 17.8 Å². The van der Waals surface area contributed by atoms with Crippen LogP contribution in [0.2, 0.25) is 0 Å². The quantitative estimate of drug-likeness (QED) is 0.571. The van der Waals surface area contributed by atoms with Crippen LogP contribution in [0.25, 0.3) is 0 Å². The van der Waals surface area contributed by atoms with Crippen LogP contribution in [0.4, 0.5) is 0 Å². The van der Waals surface area contributed by atoms with E-state index in [-0.39, 0.29) is 11.4 Å². The maximum Gasteiger partial charge on any atom is 0.157 e. The number of hydrogen-bond acceptors (Lipinski definition) is 3. The summed E-state index contributed by atoms with van der Waals surface area (Å²) in [5, 5.41) is 0. The van der Waals surface area contributed by atoms with Crippen LogP contribution in [0.3, 0.4) is 0 Å². The molecule has 2 aliphatic rings. The second-order valence-corrected chi connectivity index (χ2v) is 4.56. The molecule has 0 aromatic heterocycles. The molecule has 0 saturated heterocycles. The summed E-state index contributed by atoms with van der Waals surface area (Å²) in [6, 6.07) is 0. The molecule has 94 valence electrons. The maximum absolute atomic E-state index is 6.21. The largest absolute Gasteiger partial charge is 0.490 e. The lowest BCUT2D eigenvalue weighted by molar-refractivity contribution is 0.154. The molecule has 0 aromatic rings. The van der Waals surface area contributed by atoms with E-state index in [9.17, 15) is 0 Å². The number of hydrogen-bond donors (Lipinski definition) is 0. The van der Waals surface area contributed by atoms with E-state index in [0.29, 0.717) is 19.1 Å². The van der Waals surface area contributed by atoms with Crippen LogP contribution < -0.4 is 0 Å². The highest BCUT2D eigenvalue weighted by Crippen LogP contribution is 2.37. The molecule has 0 spiro atoms. The molecule has 0 amide bonds. The van der Waals surface area contributed by atoms with Gasteiger partial charge in [-0.15, -0.1) is 0 Å². The van der Waals surface area contributed by atoms with E-state index in [2.05, 4.69) is 17.1 Å². The van der Waals surface area contributed by atoms with Gasteiger partial charge in [0.25, 0.3) is 0 Å². The first-order chi connectivity index (χ1) is 8.26. The van der Waals surface area contributed by atoms with Gasteiger partial charge in [-0.2, -0.15) is 0 Å². The van der Waals surface area contributed by atoms with Crippen molar-refractivity contribution in [1.82, 2.24) is 0 Å². The smallest absolute Gasteiger partial charge is 0.157 e. The molecule has 0 saturated carbocycles. The van der Waals surface area contributed by atoms with Crippen LogP contribution in [0.15, 0.2) is 28.7 Å². The summed E-state index contributed by atoms with van der Waals surface area (Å²) >= 11 is 6.21. The van der Waals surface area contributed by atoms with Gasteiger partial charge in [-0.1, -0.05) is 11.6 Å². The minimum atomic E-state index is -0.191. The van der Waals surface area contributed by atoms with Gasteiger partial charge in [0, 0.05) is 12.1 Å². The van der Waals surface area contributed by atoms with Gasteiger partial charge in [-0.3, -0.25) is 4.99 Å². The first-order valence-electron chi connectivity index (χ1n) is 6.11. The zero-order valence-corrected chi connectivity index (χ0v) is 11.0. The van der Waals surface area contributed by atoms with Crippen LogP contribution in [-0.2, 0) is 9.47 Å². The Morgan fingerprint density at radius 3 is 2.53 bits per heavy atom. The molecular formula is C13H18ClNO2. The van der Waals surface area contributed by atoms with Gasteiger partial charge >= 0.3 is 0 Å². The molecule has 2 rings (SSSR count). The molecule has 17 heavy (non-hydrogen) atoms. The lowest BCUT2D eigenvalue weighted by Crippen LogP contribution is -2.28. The summed E-state index contributed by atoms with van der Waals surface area (Å²) in [5.74, 6) is 2.24. The highest BCUT2D eigenvalue weighted by atomic mass is 35.5. The van der Waals surface area contributed by atoms with E-state index < -0.39 is 0 Å². The van der Waals surface area contributed by atoms with Crippen molar-refractivity contribution in [3.63, 3.8) is 0 Å². The van der Waals surface area contributed by atoms with Crippen molar-refractivity contribution in [2.75, 3.05) is 13.2 Å². The molecule has 0 bridgehead atoms.